The maximum absolute atomic E-state index is 12.9. The molecule has 0 bridgehead atoms. The molecular formula is C24H19FN4O2. The molecule has 1 heterocycles. The van der Waals surface area contributed by atoms with Crippen LogP contribution in [0.5, 0.6) is 5.75 Å². The van der Waals surface area contributed by atoms with Crippen LogP contribution in [0.1, 0.15) is 21.6 Å². The second-order valence-corrected chi connectivity index (χ2v) is 6.69. The van der Waals surface area contributed by atoms with Crippen molar-refractivity contribution in [2.75, 3.05) is 0 Å². The zero-order valence-electron chi connectivity index (χ0n) is 16.5. The highest BCUT2D eigenvalue weighted by molar-refractivity contribution is 5.94. The number of hydrazone groups is 1. The predicted octanol–water partition coefficient (Wildman–Crippen LogP) is 4.56. The van der Waals surface area contributed by atoms with E-state index in [1.807, 2.05) is 54.6 Å². The minimum atomic E-state index is -0.445. The number of hydrogen-bond acceptors (Lipinski definition) is 4. The van der Waals surface area contributed by atoms with Gasteiger partial charge in [-0.25, -0.2) is 9.82 Å². The van der Waals surface area contributed by atoms with Crippen molar-refractivity contribution in [3.8, 4) is 17.0 Å². The zero-order chi connectivity index (χ0) is 21.5. The fraction of sp³-hybridized carbons (Fsp3) is 0.0417. The molecule has 7 heteroatoms. The SMILES string of the molecule is O=C(NN=Cc1ccc(F)cc1)c1cc(-c2ccccc2OCc2ccccc2)n[nH]1. The Kier molecular flexibility index (Phi) is 6.13. The summed E-state index contributed by atoms with van der Waals surface area (Å²) in [6.45, 7) is 0.424. The van der Waals surface area contributed by atoms with Gasteiger partial charge < -0.3 is 4.74 Å². The molecule has 154 valence electrons. The third-order valence-electron chi connectivity index (χ3n) is 4.47. The number of nitrogens with zero attached hydrogens (tertiary/aromatic N) is 2. The number of H-pyrrole nitrogens is 1. The van der Waals surface area contributed by atoms with Gasteiger partial charge in [-0.2, -0.15) is 10.2 Å². The van der Waals surface area contributed by atoms with Crippen molar-refractivity contribution in [2.24, 2.45) is 5.10 Å². The average Bonchev–Trinajstić information content (AvgIpc) is 3.30. The lowest BCUT2D eigenvalue weighted by molar-refractivity contribution is 0.0950. The van der Waals surface area contributed by atoms with Gasteiger partial charge in [0.2, 0.25) is 0 Å². The van der Waals surface area contributed by atoms with Gasteiger partial charge in [-0.15, -0.1) is 0 Å². The normalized spacial score (nSPS) is 10.9. The van der Waals surface area contributed by atoms with Gasteiger partial charge in [-0.1, -0.05) is 54.6 Å². The van der Waals surface area contributed by atoms with Crippen molar-refractivity contribution >= 4 is 12.1 Å². The van der Waals surface area contributed by atoms with E-state index in [-0.39, 0.29) is 11.5 Å². The molecule has 3 aromatic carbocycles. The van der Waals surface area contributed by atoms with Crippen molar-refractivity contribution in [3.63, 3.8) is 0 Å². The molecule has 0 fully saturated rings. The number of rotatable bonds is 7. The summed E-state index contributed by atoms with van der Waals surface area (Å²) in [4.78, 5) is 12.3. The van der Waals surface area contributed by atoms with Crippen molar-refractivity contribution in [3.05, 3.63) is 108 Å². The van der Waals surface area contributed by atoms with Gasteiger partial charge in [0, 0.05) is 5.56 Å². The number of para-hydroxylation sites is 1. The summed E-state index contributed by atoms with van der Waals surface area (Å²) in [7, 11) is 0. The van der Waals surface area contributed by atoms with Gasteiger partial charge in [0.25, 0.3) is 5.91 Å². The number of halogens is 1. The molecule has 0 aliphatic heterocycles. The summed E-state index contributed by atoms with van der Waals surface area (Å²) in [6.07, 6.45) is 1.43. The Bertz CT molecular complexity index is 1190. The van der Waals surface area contributed by atoms with E-state index < -0.39 is 5.91 Å². The van der Waals surface area contributed by atoms with Gasteiger partial charge in [-0.05, 0) is 41.5 Å². The van der Waals surface area contributed by atoms with Crippen LogP contribution in [0.2, 0.25) is 0 Å². The largest absolute Gasteiger partial charge is 0.488 e. The highest BCUT2D eigenvalue weighted by Gasteiger charge is 2.13. The van der Waals surface area contributed by atoms with Crippen LogP contribution >= 0.6 is 0 Å². The Balaban J connectivity index is 1.43. The number of carbonyl (C=O) groups excluding carboxylic acids is 1. The van der Waals surface area contributed by atoms with E-state index >= 15 is 0 Å². The molecule has 4 rings (SSSR count). The first-order valence-corrected chi connectivity index (χ1v) is 9.59. The van der Waals surface area contributed by atoms with Gasteiger partial charge >= 0.3 is 0 Å². The van der Waals surface area contributed by atoms with E-state index in [4.69, 9.17) is 4.74 Å². The lowest BCUT2D eigenvalue weighted by atomic mass is 10.1. The van der Waals surface area contributed by atoms with Crippen molar-refractivity contribution in [1.29, 1.82) is 0 Å². The number of nitrogens with one attached hydrogen (secondary N) is 2. The van der Waals surface area contributed by atoms with E-state index in [1.54, 1.807) is 18.2 Å². The lowest BCUT2D eigenvalue weighted by Crippen LogP contribution is -2.17. The van der Waals surface area contributed by atoms with E-state index in [1.165, 1.54) is 18.3 Å². The first-order chi connectivity index (χ1) is 15.2. The minimum absolute atomic E-state index is 0.254. The van der Waals surface area contributed by atoms with Crippen LogP contribution in [0.3, 0.4) is 0 Å². The number of aromatic amines is 1. The molecular weight excluding hydrogens is 395 g/mol. The number of benzene rings is 3. The number of ether oxygens (including phenoxy) is 1. The molecule has 1 amide bonds. The van der Waals surface area contributed by atoms with Gasteiger partial charge in [0.05, 0.1) is 11.9 Å². The topological polar surface area (TPSA) is 79.4 Å². The van der Waals surface area contributed by atoms with Crippen molar-refractivity contribution in [2.45, 2.75) is 6.61 Å². The Labute approximate surface area is 178 Å². The highest BCUT2D eigenvalue weighted by Crippen LogP contribution is 2.29. The zero-order valence-corrected chi connectivity index (χ0v) is 16.5. The molecule has 0 radical (unpaired) electrons. The molecule has 0 aliphatic rings. The second-order valence-electron chi connectivity index (χ2n) is 6.69. The molecule has 0 saturated heterocycles. The Morgan fingerprint density at radius 2 is 1.77 bits per heavy atom. The maximum Gasteiger partial charge on any atom is 0.289 e. The first kappa shape index (κ1) is 20.0. The van der Waals surface area contributed by atoms with Crippen LogP contribution < -0.4 is 10.2 Å². The summed E-state index contributed by atoms with van der Waals surface area (Å²) in [5, 5.41) is 10.9. The third kappa shape index (κ3) is 5.22. The van der Waals surface area contributed by atoms with E-state index in [0.717, 1.165) is 11.1 Å². The fourth-order valence-corrected chi connectivity index (χ4v) is 2.89. The van der Waals surface area contributed by atoms with Crippen LogP contribution in [-0.4, -0.2) is 22.3 Å². The molecule has 2 N–H and O–H groups in total. The summed E-state index contributed by atoms with van der Waals surface area (Å²) in [6, 6.07) is 24.8. The highest BCUT2D eigenvalue weighted by atomic mass is 19.1. The lowest BCUT2D eigenvalue weighted by Gasteiger charge is -2.10. The molecule has 0 aliphatic carbocycles. The summed E-state index contributed by atoms with van der Waals surface area (Å²) in [5.74, 6) is -0.113. The van der Waals surface area contributed by atoms with Crippen LogP contribution in [0.15, 0.2) is 90.0 Å². The van der Waals surface area contributed by atoms with E-state index in [9.17, 15) is 9.18 Å². The summed E-state index contributed by atoms with van der Waals surface area (Å²) >= 11 is 0. The van der Waals surface area contributed by atoms with Crippen molar-refractivity contribution in [1.82, 2.24) is 15.6 Å². The predicted molar refractivity (Wildman–Crippen MR) is 116 cm³/mol. The Hall–Kier alpha value is -4.26. The molecule has 4 aromatic rings. The average molecular weight is 414 g/mol. The Morgan fingerprint density at radius 3 is 2.58 bits per heavy atom. The number of aromatic nitrogens is 2. The third-order valence-corrected chi connectivity index (χ3v) is 4.47. The first-order valence-electron chi connectivity index (χ1n) is 9.59. The summed E-state index contributed by atoms with van der Waals surface area (Å²) in [5.41, 5.74) is 5.74. The second kappa shape index (κ2) is 9.49. The quantitative estimate of drug-likeness (QED) is 0.344. The fourth-order valence-electron chi connectivity index (χ4n) is 2.89. The van der Waals surface area contributed by atoms with Gasteiger partial charge in [-0.3, -0.25) is 9.89 Å². The van der Waals surface area contributed by atoms with Gasteiger partial charge in [0.1, 0.15) is 23.9 Å². The Morgan fingerprint density at radius 1 is 1.03 bits per heavy atom. The molecule has 6 nitrogen and oxygen atoms in total. The molecule has 0 saturated carbocycles. The smallest absolute Gasteiger partial charge is 0.289 e. The van der Waals surface area contributed by atoms with Crippen LogP contribution in [0.25, 0.3) is 11.3 Å². The molecule has 31 heavy (non-hydrogen) atoms. The minimum Gasteiger partial charge on any atom is -0.488 e. The van der Waals surface area contributed by atoms with Crippen LogP contribution in [-0.2, 0) is 6.61 Å². The van der Waals surface area contributed by atoms with E-state index in [0.29, 0.717) is 23.6 Å². The number of hydrogen-bond donors (Lipinski definition) is 2. The number of amides is 1. The van der Waals surface area contributed by atoms with Crippen LogP contribution in [0.4, 0.5) is 4.39 Å². The summed E-state index contributed by atoms with van der Waals surface area (Å²) < 4.78 is 18.9. The van der Waals surface area contributed by atoms with Crippen LogP contribution in [0, 0.1) is 5.82 Å². The van der Waals surface area contributed by atoms with Crippen molar-refractivity contribution < 1.29 is 13.9 Å². The molecule has 0 spiro atoms. The molecule has 0 unspecified atom stereocenters. The molecule has 0 atom stereocenters. The monoisotopic (exact) mass is 414 g/mol. The van der Waals surface area contributed by atoms with Gasteiger partial charge in [0.15, 0.2) is 0 Å². The standard InChI is InChI=1S/C24H19FN4O2/c25-19-12-10-17(11-13-19)15-26-29-24(30)22-14-21(27-28-22)20-8-4-5-9-23(20)31-16-18-6-2-1-3-7-18/h1-15H,16H2,(H,27,28)(H,29,30). The maximum atomic E-state index is 12.9. The molecule has 1 aromatic heterocycles. The number of carbonyl (C=O) groups is 1. The van der Waals surface area contributed by atoms with E-state index in [2.05, 4.69) is 20.7 Å².